The van der Waals surface area contributed by atoms with E-state index in [4.69, 9.17) is 4.74 Å². The Morgan fingerprint density at radius 1 is 1.22 bits per heavy atom. The minimum atomic E-state index is 0.239. The zero-order valence-electron chi connectivity index (χ0n) is 11.6. The lowest BCUT2D eigenvalue weighted by Crippen LogP contribution is -2.43. The van der Waals surface area contributed by atoms with E-state index < -0.39 is 0 Å². The highest BCUT2D eigenvalue weighted by atomic mass is 16.5. The van der Waals surface area contributed by atoms with Gasteiger partial charge in [0.1, 0.15) is 0 Å². The number of rotatable bonds is 2. The Labute approximate surface area is 111 Å². The molecule has 3 nitrogen and oxygen atoms in total. The van der Waals surface area contributed by atoms with E-state index in [1.165, 1.54) is 25.7 Å². The van der Waals surface area contributed by atoms with E-state index in [9.17, 15) is 5.26 Å². The highest BCUT2D eigenvalue weighted by molar-refractivity contribution is 4.95. The van der Waals surface area contributed by atoms with E-state index in [-0.39, 0.29) is 5.92 Å². The molecule has 0 aromatic carbocycles. The topological polar surface area (TPSA) is 36.3 Å². The lowest BCUT2D eigenvalue weighted by Gasteiger charge is -2.33. The summed E-state index contributed by atoms with van der Waals surface area (Å²) < 4.78 is 5.85. The van der Waals surface area contributed by atoms with Crippen molar-refractivity contribution in [2.75, 3.05) is 19.7 Å². The standard InChI is InChI=1S/C15H26N2O/c1-2-14-12-17(9-6-10-18-14)15-8-5-3-4-7-13(15)11-16/h13-15H,2-10,12H2,1H3. The Morgan fingerprint density at radius 3 is 2.83 bits per heavy atom. The van der Waals surface area contributed by atoms with Gasteiger partial charge < -0.3 is 4.74 Å². The van der Waals surface area contributed by atoms with E-state index in [1.807, 2.05) is 0 Å². The molecule has 0 aromatic heterocycles. The van der Waals surface area contributed by atoms with Gasteiger partial charge in [0.2, 0.25) is 0 Å². The maximum Gasteiger partial charge on any atom is 0.0699 e. The first-order chi connectivity index (χ1) is 8.85. The summed E-state index contributed by atoms with van der Waals surface area (Å²) in [7, 11) is 0. The smallest absolute Gasteiger partial charge is 0.0699 e. The molecule has 1 saturated heterocycles. The number of ether oxygens (including phenoxy) is 1. The highest BCUT2D eigenvalue weighted by Crippen LogP contribution is 2.28. The number of hydrogen-bond donors (Lipinski definition) is 0. The molecular formula is C15H26N2O. The van der Waals surface area contributed by atoms with Crippen LogP contribution < -0.4 is 0 Å². The molecule has 2 rings (SSSR count). The van der Waals surface area contributed by atoms with Crippen LogP contribution in [0.3, 0.4) is 0 Å². The van der Waals surface area contributed by atoms with Gasteiger partial charge in [-0.2, -0.15) is 5.26 Å². The maximum atomic E-state index is 9.40. The van der Waals surface area contributed by atoms with Gasteiger partial charge in [0.05, 0.1) is 18.1 Å². The normalized spacial score (nSPS) is 35.4. The van der Waals surface area contributed by atoms with E-state index in [0.717, 1.165) is 39.0 Å². The lowest BCUT2D eigenvalue weighted by molar-refractivity contribution is 0.0409. The molecule has 0 amide bonds. The van der Waals surface area contributed by atoms with E-state index in [2.05, 4.69) is 17.9 Å². The largest absolute Gasteiger partial charge is 0.377 e. The maximum absolute atomic E-state index is 9.40. The van der Waals surface area contributed by atoms with Crippen LogP contribution in [0.4, 0.5) is 0 Å². The molecule has 102 valence electrons. The molecule has 2 fully saturated rings. The molecule has 0 bridgehead atoms. The zero-order chi connectivity index (χ0) is 12.8. The fourth-order valence-corrected chi connectivity index (χ4v) is 3.35. The molecule has 3 heteroatoms. The first kappa shape index (κ1) is 13.8. The van der Waals surface area contributed by atoms with Gasteiger partial charge in [0.15, 0.2) is 0 Å². The van der Waals surface area contributed by atoms with Crippen molar-refractivity contribution in [2.24, 2.45) is 5.92 Å². The first-order valence-corrected chi connectivity index (χ1v) is 7.60. The number of hydrogen-bond acceptors (Lipinski definition) is 3. The predicted octanol–water partition coefficient (Wildman–Crippen LogP) is 2.96. The average Bonchev–Trinajstić information content (AvgIpc) is 2.78. The van der Waals surface area contributed by atoms with Gasteiger partial charge >= 0.3 is 0 Å². The summed E-state index contributed by atoms with van der Waals surface area (Å²) in [5, 5.41) is 9.40. The molecule has 2 aliphatic rings. The minimum Gasteiger partial charge on any atom is -0.377 e. The second kappa shape index (κ2) is 7.11. The van der Waals surface area contributed by atoms with Crippen LogP contribution in [0.1, 0.15) is 51.9 Å². The molecular weight excluding hydrogens is 224 g/mol. The molecule has 1 aliphatic heterocycles. The van der Waals surface area contributed by atoms with Crippen LogP contribution in [0.2, 0.25) is 0 Å². The van der Waals surface area contributed by atoms with E-state index in [1.54, 1.807) is 0 Å². The summed E-state index contributed by atoms with van der Waals surface area (Å²) >= 11 is 0. The SMILES string of the molecule is CCC1CN(C2CCCCCC2C#N)CCCO1. The van der Waals surface area contributed by atoms with Crippen molar-refractivity contribution in [1.29, 1.82) is 5.26 Å². The van der Waals surface area contributed by atoms with Crippen molar-refractivity contribution in [2.45, 2.75) is 64.0 Å². The molecule has 3 unspecified atom stereocenters. The summed E-state index contributed by atoms with van der Waals surface area (Å²) in [6.07, 6.45) is 8.69. The predicted molar refractivity (Wildman–Crippen MR) is 72.2 cm³/mol. The first-order valence-electron chi connectivity index (χ1n) is 7.60. The van der Waals surface area contributed by atoms with E-state index >= 15 is 0 Å². The molecule has 0 N–H and O–H groups in total. The van der Waals surface area contributed by atoms with Gasteiger partial charge in [-0.25, -0.2) is 0 Å². The van der Waals surface area contributed by atoms with Gasteiger partial charge in [0.25, 0.3) is 0 Å². The molecule has 1 aliphatic carbocycles. The zero-order valence-corrected chi connectivity index (χ0v) is 11.6. The Hall–Kier alpha value is -0.590. The van der Waals surface area contributed by atoms with Crippen molar-refractivity contribution in [3.8, 4) is 6.07 Å². The van der Waals surface area contributed by atoms with Crippen LogP contribution in [-0.2, 0) is 4.74 Å². The molecule has 0 spiro atoms. The minimum absolute atomic E-state index is 0.239. The van der Waals surface area contributed by atoms with Crippen molar-refractivity contribution in [3.63, 3.8) is 0 Å². The highest BCUT2D eigenvalue weighted by Gasteiger charge is 2.31. The summed E-state index contributed by atoms with van der Waals surface area (Å²) in [4.78, 5) is 2.56. The average molecular weight is 250 g/mol. The molecule has 0 radical (unpaired) electrons. The Kier molecular flexibility index (Phi) is 5.46. The Bertz CT molecular complexity index is 287. The molecule has 18 heavy (non-hydrogen) atoms. The number of nitrogens with zero attached hydrogens (tertiary/aromatic N) is 2. The molecule has 3 atom stereocenters. The lowest BCUT2D eigenvalue weighted by atomic mass is 9.94. The van der Waals surface area contributed by atoms with Crippen LogP contribution >= 0.6 is 0 Å². The van der Waals surface area contributed by atoms with Crippen LogP contribution in [-0.4, -0.2) is 36.7 Å². The van der Waals surface area contributed by atoms with Crippen LogP contribution in [0.5, 0.6) is 0 Å². The van der Waals surface area contributed by atoms with Gasteiger partial charge in [-0.15, -0.1) is 0 Å². The third-order valence-corrected chi connectivity index (χ3v) is 4.45. The van der Waals surface area contributed by atoms with Crippen molar-refractivity contribution in [3.05, 3.63) is 0 Å². The monoisotopic (exact) mass is 250 g/mol. The quantitative estimate of drug-likeness (QED) is 0.707. The van der Waals surface area contributed by atoms with Crippen molar-refractivity contribution in [1.82, 2.24) is 4.90 Å². The van der Waals surface area contributed by atoms with E-state index in [0.29, 0.717) is 12.1 Å². The number of nitriles is 1. The summed E-state index contributed by atoms with van der Waals surface area (Å²) in [6.45, 7) is 5.22. The van der Waals surface area contributed by atoms with Gasteiger partial charge in [-0.05, 0) is 25.7 Å². The second-order valence-electron chi connectivity index (χ2n) is 5.69. The fraction of sp³-hybridized carbons (Fsp3) is 0.933. The van der Waals surface area contributed by atoms with Crippen LogP contribution in [0.15, 0.2) is 0 Å². The fourth-order valence-electron chi connectivity index (χ4n) is 3.35. The molecule has 1 saturated carbocycles. The van der Waals surface area contributed by atoms with Crippen molar-refractivity contribution >= 4 is 0 Å². The molecule has 0 aromatic rings. The Balaban J connectivity index is 2.03. The van der Waals surface area contributed by atoms with Gasteiger partial charge in [-0.1, -0.05) is 26.2 Å². The third-order valence-electron chi connectivity index (χ3n) is 4.45. The third kappa shape index (κ3) is 3.46. The summed E-state index contributed by atoms with van der Waals surface area (Å²) in [5.41, 5.74) is 0. The summed E-state index contributed by atoms with van der Waals surface area (Å²) in [5.74, 6) is 0.239. The Morgan fingerprint density at radius 2 is 2.06 bits per heavy atom. The van der Waals surface area contributed by atoms with Gasteiger partial charge in [0, 0.05) is 25.7 Å². The second-order valence-corrected chi connectivity index (χ2v) is 5.69. The molecule has 1 heterocycles. The van der Waals surface area contributed by atoms with Crippen LogP contribution in [0.25, 0.3) is 0 Å². The van der Waals surface area contributed by atoms with Crippen molar-refractivity contribution < 1.29 is 4.74 Å². The van der Waals surface area contributed by atoms with Crippen LogP contribution in [0, 0.1) is 17.2 Å². The van der Waals surface area contributed by atoms with Gasteiger partial charge in [-0.3, -0.25) is 4.90 Å². The summed E-state index contributed by atoms with van der Waals surface area (Å²) in [6, 6.07) is 3.04.